The molecule has 0 amide bonds. The Morgan fingerprint density at radius 3 is 3.13 bits per heavy atom. The summed E-state index contributed by atoms with van der Waals surface area (Å²) in [4.78, 5) is 6.99. The molecular formula is C17H27N5O. The highest BCUT2D eigenvalue weighted by Gasteiger charge is 2.20. The van der Waals surface area contributed by atoms with E-state index in [2.05, 4.69) is 33.3 Å². The van der Waals surface area contributed by atoms with Gasteiger partial charge in [-0.15, -0.1) is 0 Å². The van der Waals surface area contributed by atoms with Gasteiger partial charge in [-0.05, 0) is 32.2 Å². The van der Waals surface area contributed by atoms with Crippen molar-refractivity contribution in [2.75, 3.05) is 31.6 Å². The van der Waals surface area contributed by atoms with E-state index in [9.17, 15) is 5.11 Å². The Morgan fingerprint density at radius 2 is 2.30 bits per heavy atom. The fourth-order valence-electron chi connectivity index (χ4n) is 3.33. The summed E-state index contributed by atoms with van der Waals surface area (Å²) >= 11 is 0. The van der Waals surface area contributed by atoms with Crippen molar-refractivity contribution in [3.8, 4) is 0 Å². The molecule has 23 heavy (non-hydrogen) atoms. The smallest absolute Gasteiger partial charge is 0.157 e. The maximum absolute atomic E-state index is 9.47. The molecule has 1 saturated heterocycles. The Labute approximate surface area is 137 Å². The lowest BCUT2D eigenvalue weighted by Gasteiger charge is -2.34. The third kappa shape index (κ3) is 3.82. The van der Waals surface area contributed by atoms with Gasteiger partial charge in [0.05, 0.1) is 12.8 Å². The zero-order valence-electron chi connectivity index (χ0n) is 13.9. The second kappa shape index (κ2) is 7.75. The second-order valence-corrected chi connectivity index (χ2v) is 6.24. The lowest BCUT2D eigenvalue weighted by molar-refractivity contribution is 0.0901. The monoisotopic (exact) mass is 317 g/mol. The lowest BCUT2D eigenvalue weighted by atomic mass is 10.0. The van der Waals surface area contributed by atoms with Crippen LogP contribution in [0.25, 0.3) is 5.65 Å². The number of aromatic nitrogens is 3. The van der Waals surface area contributed by atoms with Gasteiger partial charge in [0.1, 0.15) is 5.82 Å². The van der Waals surface area contributed by atoms with E-state index < -0.39 is 0 Å². The van der Waals surface area contributed by atoms with E-state index in [0.717, 1.165) is 56.1 Å². The van der Waals surface area contributed by atoms with E-state index in [1.165, 1.54) is 12.8 Å². The van der Waals surface area contributed by atoms with Crippen molar-refractivity contribution in [2.24, 2.45) is 0 Å². The third-order valence-electron chi connectivity index (χ3n) is 4.66. The molecule has 1 fully saturated rings. The summed E-state index contributed by atoms with van der Waals surface area (Å²) in [5.74, 6) is 1.01. The van der Waals surface area contributed by atoms with Crippen LogP contribution in [0.3, 0.4) is 0 Å². The summed E-state index contributed by atoms with van der Waals surface area (Å²) in [5.41, 5.74) is 1.97. The standard InChI is InChI=1S/C17H27N5O/c1-2-14-12-17(22-16(20-14)7-9-19-22)18-8-5-11-21-10-4-3-6-15(21)13-23/h7,9,12,15,18,23H,2-6,8,10-11,13H2,1H3/t15-/m0/s1. The minimum Gasteiger partial charge on any atom is -0.395 e. The van der Waals surface area contributed by atoms with Crippen LogP contribution in [0.1, 0.15) is 38.3 Å². The number of hydrogen-bond acceptors (Lipinski definition) is 5. The fourth-order valence-corrected chi connectivity index (χ4v) is 3.33. The minimum absolute atomic E-state index is 0.283. The molecule has 0 aromatic carbocycles. The molecule has 1 aliphatic rings. The molecule has 2 aromatic rings. The number of anilines is 1. The van der Waals surface area contributed by atoms with Gasteiger partial charge in [-0.3, -0.25) is 4.90 Å². The van der Waals surface area contributed by atoms with Crippen LogP contribution in [0, 0.1) is 0 Å². The molecule has 2 aromatic heterocycles. The van der Waals surface area contributed by atoms with Crippen LogP contribution in [-0.4, -0.2) is 56.9 Å². The van der Waals surface area contributed by atoms with E-state index in [1.807, 2.05) is 10.6 Å². The fraction of sp³-hybridized carbons (Fsp3) is 0.647. The first-order valence-electron chi connectivity index (χ1n) is 8.74. The molecule has 6 heteroatoms. The zero-order chi connectivity index (χ0) is 16.1. The number of piperidine rings is 1. The molecule has 6 nitrogen and oxygen atoms in total. The van der Waals surface area contributed by atoms with Crippen LogP contribution < -0.4 is 5.32 Å². The number of nitrogens with one attached hydrogen (secondary N) is 1. The molecule has 0 aliphatic carbocycles. The number of fused-ring (bicyclic) bond motifs is 1. The van der Waals surface area contributed by atoms with Gasteiger partial charge in [-0.2, -0.15) is 9.61 Å². The predicted octanol–water partition coefficient (Wildman–Crippen LogP) is 1.94. The highest BCUT2D eigenvalue weighted by molar-refractivity contribution is 5.49. The van der Waals surface area contributed by atoms with Crippen molar-refractivity contribution >= 4 is 11.5 Å². The topological polar surface area (TPSA) is 65.7 Å². The first-order valence-corrected chi connectivity index (χ1v) is 8.74. The van der Waals surface area contributed by atoms with Crippen molar-refractivity contribution in [1.82, 2.24) is 19.5 Å². The van der Waals surface area contributed by atoms with Crippen molar-refractivity contribution in [1.29, 1.82) is 0 Å². The zero-order valence-corrected chi connectivity index (χ0v) is 13.9. The summed E-state index contributed by atoms with van der Waals surface area (Å²) in [7, 11) is 0. The number of aliphatic hydroxyl groups is 1. The second-order valence-electron chi connectivity index (χ2n) is 6.24. The van der Waals surface area contributed by atoms with Gasteiger partial charge in [0.2, 0.25) is 0 Å². The molecular weight excluding hydrogens is 290 g/mol. The molecule has 0 unspecified atom stereocenters. The summed E-state index contributed by atoms with van der Waals surface area (Å²) in [6, 6.07) is 4.37. The number of nitrogens with zero attached hydrogens (tertiary/aromatic N) is 4. The quantitative estimate of drug-likeness (QED) is 0.764. The molecule has 126 valence electrons. The summed E-state index contributed by atoms with van der Waals surface area (Å²) in [5, 5.41) is 17.3. The highest BCUT2D eigenvalue weighted by Crippen LogP contribution is 2.17. The number of likely N-dealkylation sites (tertiary alicyclic amines) is 1. The Morgan fingerprint density at radius 1 is 1.39 bits per heavy atom. The largest absolute Gasteiger partial charge is 0.395 e. The van der Waals surface area contributed by atoms with E-state index in [-0.39, 0.29) is 6.61 Å². The van der Waals surface area contributed by atoms with Crippen LogP contribution in [0.15, 0.2) is 18.3 Å². The third-order valence-corrected chi connectivity index (χ3v) is 4.66. The molecule has 1 aliphatic heterocycles. The maximum atomic E-state index is 9.47. The number of aryl methyl sites for hydroxylation is 1. The average molecular weight is 317 g/mol. The molecule has 1 atom stereocenters. The molecule has 2 N–H and O–H groups in total. The first kappa shape index (κ1) is 16.2. The van der Waals surface area contributed by atoms with Gasteiger partial charge in [0.15, 0.2) is 5.65 Å². The average Bonchev–Trinajstić information content (AvgIpc) is 3.07. The Hall–Kier alpha value is -1.66. The van der Waals surface area contributed by atoms with Crippen molar-refractivity contribution in [2.45, 2.75) is 45.1 Å². The molecule has 0 saturated carbocycles. The molecule has 0 radical (unpaired) electrons. The molecule has 0 bridgehead atoms. The van der Waals surface area contributed by atoms with E-state index in [1.54, 1.807) is 6.20 Å². The SMILES string of the molecule is CCc1cc(NCCCN2CCCC[C@H]2CO)n2nccc2n1. The van der Waals surface area contributed by atoms with Crippen molar-refractivity contribution < 1.29 is 5.11 Å². The van der Waals surface area contributed by atoms with Gasteiger partial charge in [-0.1, -0.05) is 13.3 Å². The van der Waals surface area contributed by atoms with Gasteiger partial charge in [-0.25, -0.2) is 4.98 Å². The van der Waals surface area contributed by atoms with E-state index >= 15 is 0 Å². The molecule has 3 rings (SSSR count). The van der Waals surface area contributed by atoms with Crippen LogP contribution in [-0.2, 0) is 6.42 Å². The maximum Gasteiger partial charge on any atom is 0.157 e. The summed E-state index contributed by atoms with van der Waals surface area (Å²) in [6.07, 6.45) is 7.38. The van der Waals surface area contributed by atoms with Crippen LogP contribution in [0.2, 0.25) is 0 Å². The number of rotatable bonds is 7. The normalized spacial score (nSPS) is 19.3. The van der Waals surface area contributed by atoms with Crippen LogP contribution in [0.4, 0.5) is 5.82 Å². The van der Waals surface area contributed by atoms with Gasteiger partial charge >= 0.3 is 0 Å². The Kier molecular flexibility index (Phi) is 5.46. The Bertz CT molecular complexity index is 626. The summed E-state index contributed by atoms with van der Waals surface area (Å²) in [6.45, 7) is 5.45. The Balaban J connectivity index is 1.55. The highest BCUT2D eigenvalue weighted by atomic mass is 16.3. The minimum atomic E-state index is 0.283. The molecule has 3 heterocycles. The van der Waals surface area contributed by atoms with Gasteiger partial charge in [0, 0.05) is 37.0 Å². The number of hydrogen-bond donors (Lipinski definition) is 2. The molecule has 0 spiro atoms. The lowest BCUT2D eigenvalue weighted by Crippen LogP contribution is -2.42. The van der Waals surface area contributed by atoms with E-state index in [0.29, 0.717) is 6.04 Å². The summed E-state index contributed by atoms with van der Waals surface area (Å²) < 4.78 is 1.86. The predicted molar refractivity (Wildman–Crippen MR) is 91.8 cm³/mol. The van der Waals surface area contributed by atoms with Crippen molar-refractivity contribution in [3.05, 3.63) is 24.0 Å². The van der Waals surface area contributed by atoms with Crippen LogP contribution in [0.5, 0.6) is 0 Å². The first-order chi connectivity index (χ1) is 11.3. The van der Waals surface area contributed by atoms with E-state index in [4.69, 9.17) is 0 Å². The van der Waals surface area contributed by atoms with Crippen LogP contribution >= 0.6 is 0 Å². The van der Waals surface area contributed by atoms with Gasteiger partial charge in [0.25, 0.3) is 0 Å². The number of aliphatic hydroxyl groups excluding tert-OH is 1. The van der Waals surface area contributed by atoms with Crippen molar-refractivity contribution in [3.63, 3.8) is 0 Å². The van der Waals surface area contributed by atoms with Gasteiger partial charge < -0.3 is 10.4 Å².